The maximum absolute atomic E-state index is 12.6. The summed E-state index contributed by atoms with van der Waals surface area (Å²) >= 11 is 6.06. The molecule has 29 heavy (non-hydrogen) atoms. The zero-order valence-electron chi connectivity index (χ0n) is 17.1. The van der Waals surface area contributed by atoms with E-state index in [1.54, 1.807) is 6.92 Å². The van der Waals surface area contributed by atoms with Crippen LogP contribution in [0.5, 0.6) is 0 Å². The topological polar surface area (TPSA) is 99.0 Å². The van der Waals surface area contributed by atoms with Crippen LogP contribution < -0.4 is 5.32 Å². The van der Waals surface area contributed by atoms with Crippen LogP contribution in [0.4, 0.5) is 11.4 Å². The molecule has 1 aliphatic rings. The van der Waals surface area contributed by atoms with Crippen LogP contribution >= 0.6 is 11.6 Å². The van der Waals surface area contributed by atoms with E-state index in [1.165, 1.54) is 18.2 Å². The Labute approximate surface area is 175 Å². The Bertz CT molecular complexity index is 748. The number of hydrogen-bond acceptors (Lipinski definition) is 6. The van der Waals surface area contributed by atoms with Crippen molar-refractivity contribution in [3.05, 3.63) is 33.3 Å². The molecule has 0 aliphatic carbocycles. The van der Waals surface area contributed by atoms with Crippen molar-refractivity contribution >= 4 is 34.8 Å². The number of non-ortho nitro benzene ring substituents is 1. The first-order valence-electron chi connectivity index (χ1n) is 9.75. The van der Waals surface area contributed by atoms with Crippen molar-refractivity contribution in [2.24, 2.45) is 0 Å². The number of nitrogens with zero attached hydrogens (tertiary/aromatic N) is 4. The molecule has 9 nitrogen and oxygen atoms in total. The van der Waals surface area contributed by atoms with Crippen molar-refractivity contribution in [1.29, 1.82) is 0 Å². The highest BCUT2D eigenvalue weighted by Gasteiger charge is 2.27. The molecule has 1 atom stereocenters. The van der Waals surface area contributed by atoms with Crippen LogP contribution in [0.1, 0.15) is 20.8 Å². The summed E-state index contributed by atoms with van der Waals surface area (Å²) in [5.74, 6) is -0.158. The molecule has 1 saturated heterocycles. The second kappa shape index (κ2) is 10.5. The molecule has 0 aromatic heterocycles. The Morgan fingerprint density at radius 3 is 2.41 bits per heavy atom. The SMILES string of the molecule is CCN(CC)C(=O)CN1CCN(C(C)C(=O)Nc2cc([N+](=O)[O-])ccc2Cl)CC1. The summed E-state index contributed by atoms with van der Waals surface area (Å²) < 4.78 is 0. The van der Waals surface area contributed by atoms with E-state index < -0.39 is 11.0 Å². The number of amides is 2. The minimum Gasteiger partial charge on any atom is -0.342 e. The van der Waals surface area contributed by atoms with Crippen LogP contribution in [-0.2, 0) is 9.59 Å². The lowest BCUT2D eigenvalue weighted by Crippen LogP contribution is -2.54. The highest BCUT2D eigenvalue weighted by atomic mass is 35.5. The van der Waals surface area contributed by atoms with Gasteiger partial charge in [-0.15, -0.1) is 0 Å². The van der Waals surface area contributed by atoms with Gasteiger partial charge in [0.05, 0.1) is 28.2 Å². The van der Waals surface area contributed by atoms with Crippen LogP contribution in [0.25, 0.3) is 0 Å². The van der Waals surface area contributed by atoms with Gasteiger partial charge in [-0.3, -0.25) is 29.5 Å². The number of hydrogen-bond donors (Lipinski definition) is 1. The van der Waals surface area contributed by atoms with Crippen molar-refractivity contribution in [2.45, 2.75) is 26.8 Å². The molecule has 1 fully saturated rings. The molecule has 0 radical (unpaired) electrons. The fourth-order valence-electron chi connectivity index (χ4n) is 3.30. The second-order valence-electron chi connectivity index (χ2n) is 6.96. The molecule has 2 amide bonds. The molecule has 1 heterocycles. The van der Waals surface area contributed by atoms with E-state index >= 15 is 0 Å². The number of carbonyl (C=O) groups excluding carboxylic acids is 2. The van der Waals surface area contributed by atoms with Crippen LogP contribution in [0.2, 0.25) is 5.02 Å². The monoisotopic (exact) mass is 425 g/mol. The number of nitro groups is 1. The van der Waals surface area contributed by atoms with Gasteiger partial charge in [-0.2, -0.15) is 0 Å². The summed E-state index contributed by atoms with van der Waals surface area (Å²) in [6.45, 7) is 10.2. The van der Waals surface area contributed by atoms with Gasteiger partial charge in [-0.05, 0) is 26.8 Å². The molecule has 0 bridgehead atoms. The summed E-state index contributed by atoms with van der Waals surface area (Å²) in [4.78, 5) is 41.2. The zero-order chi connectivity index (χ0) is 21.6. The zero-order valence-corrected chi connectivity index (χ0v) is 17.8. The summed E-state index contributed by atoms with van der Waals surface area (Å²) in [6, 6.07) is 3.51. The highest BCUT2D eigenvalue weighted by Crippen LogP contribution is 2.27. The lowest BCUT2D eigenvalue weighted by molar-refractivity contribution is -0.384. The third-order valence-corrected chi connectivity index (χ3v) is 5.56. The van der Waals surface area contributed by atoms with Gasteiger partial charge in [0, 0.05) is 51.4 Å². The Morgan fingerprint density at radius 1 is 1.24 bits per heavy atom. The molecule has 0 spiro atoms. The Balaban J connectivity index is 1.90. The number of nitro benzene ring substituents is 1. The van der Waals surface area contributed by atoms with E-state index in [-0.39, 0.29) is 28.2 Å². The van der Waals surface area contributed by atoms with Gasteiger partial charge in [0.2, 0.25) is 11.8 Å². The van der Waals surface area contributed by atoms with E-state index in [2.05, 4.69) is 10.2 Å². The molecule has 160 valence electrons. The van der Waals surface area contributed by atoms with Gasteiger partial charge >= 0.3 is 0 Å². The average molecular weight is 426 g/mol. The molecule has 1 aromatic carbocycles. The first kappa shape index (κ1) is 23.1. The number of halogens is 1. The Morgan fingerprint density at radius 2 is 1.86 bits per heavy atom. The molecule has 10 heteroatoms. The van der Waals surface area contributed by atoms with Crippen molar-refractivity contribution in [3.8, 4) is 0 Å². The highest BCUT2D eigenvalue weighted by molar-refractivity contribution is 6.33. The van der Waals surface area contributed by atoms with E-state index in [4.69, 9.17) is 11.6 Å². The molecule has 0 saturated carbocycles. The fraction of sp³-hybridized carbons (Fsp3) is 0.579. The first-order valence-corrected chi connectivity index (χ1v) is 10.1. The predicted octanol–water partition coefficient (Wildman–Crippen LogP) is 2.06. The average Bonchev–Trinajstić information content (AvgIpc) is 2.70. The molecule has 1 N–H and O–H groups in total. The van der Waals surface area contributed by atoms with Gasteiger partial charge < -0.3 is 10.2 Å². The van der Waals surface area contributed by atoms with Gasteiger partial charge in [-0.25, -0.2) is 0 Å². The second-order valence-corrected chi connectivity index (χ2v) is 7.37. The maximum atomic E-state index is 12.6. The summed E-state index contributed by atoms with van der Waals surface area (Å²) in [7, 11) is 0. The van der Waals surface area contributed by atoms with E-state index in [0.717, 1.165) is 0 Å². The predicted molar refractivity (Wildman–Crippen MR) is 112 cm³/mol. The van der Waals surface area contributed by atoms with Crippen LogP contribution in [0.3, 0.4) is 0 Å². The number of piperazine rings is 1. The fourth-order valence-corrected chi connectivity index (χ4v) is 3.47. The summed E-state index contributed by atoms with van der Waals surface area (Å²) in [5.41, 5.74) is 0.0880. The number of carbonyl (C=O) groups is 2. The van der Waals surface area contributed by atoms with E-state index in [1.807, 2.05) is 23.6 Å². The summed E-state index contributed by atoms with van der Waals surface area (Å²) in [5, 5.41) is 13.9. The third kappa shape index (κ3) is 6.12. The lowest BCUT2D eigenvalue weighted by atomic mass is 10.2. The van der Waals surface area contributed by atoms with Gasteiger partial charge in [-0.1, -0.05) is 11.6 Å². The number of nitrogens with one attached hydrogen (secondary N) is 1. The van der Waals surface area contributed by atoms with Crippen LogP contribution in [0.15, 0.2) is 18.2 Å². The third-order valence-electron chi connectivity index (χ3n) is 5.23. The van der Waals surface area contributed by atoms with Crippen molar-refractivity contribution in [3.63, 3.8) is 0 Å². The van der Waals surface area contributed by atoms with Crippen molar-refractivity contribution in [2.75, 3.05) is 51.1 Å². The lowest BCUT2D eigenvalue weighted by Gasteiger charge is -2.37. The van der Waals surface area contributed by atoms with Gasteiger partial charge in [0.1, 0.15) is 0 Å². The van der Waals surface area contributed by atoms with Crippen LogP contribution in [0, 0.1) is 10.1 Å². The first-order chi connectivity index (χ1) is 13.8. The van der Waals surface area contributed by atoms with E-state index in [9.17, 15) is 19.7 Å². The molecule has 1 unspecified atom stereocenters. The molecular formula is C19H28ClN5O4. The van der Waals surface area contributed by atoms with Crippen molar-refractivity contribution in [1.82, 2.24) is 14.7 Å². The standard InChI is InChI=1S/C19H28ClN5O4/c1-4-23(5-2)18(26)13-22-8-10-24(11-9-22)14(3)19(27)21-17-12-15(25(28)29)6-7-16(17)20/h6-7,12,14H,4-5,8-11,13H2,1-3H3,(H,21,27). The van der Waals surface area contributed by atoms with Crippen molar-refractivity contribution < 1.29 is 14.5 Å². The Hall–Kier alpha value is -2.23. The van der Waals surface area contributed by atoms with Crippen LogP contribution in [-0.4, -0.2) is 83.3 Å². The molecule has 1 aromatic rings. The molecule has 1 aliphatic heterocycles. The minimum absolute atomic E-state index is 0.120. The largest absolute Gasteiger partial charge is 0.342 e. The minimum atomic E-state index is -0.534. The van der Waals surface area contributed by atoms with E-state index in [0.29, 0.717) is 45.8 Å². The smallest absolute Gasteiger partial charge is 0.271 e. The molecular weight excluding hydrogens is 398 g/mol. The number of anilines is 1. The Kier molecular flexibility index (Phi) is 8.36. The quantitative estimate of drug-likeness (QED) is 0.505. The normalized spacial score (nSPS) is 16.3. The maximum Gasteiger partial charge on any atom is 0.271 e. The number of benzene rings is 1. The van der Waals surface area contributed by atoms with Gasteiger partial charge in [0.25, 0.3) is 5.69 Å². The van der Waals surface area contributed by atoms with Gasteiger partial charge in [0.15, 0.2) is 0 Å². The molecule has 2 rings (SSSR count). The summed E-state index contributed by atoms with van der Waals surface area (Å²) in [6.07, 6.45) is 0. The number of rotatable bonds is 8. The number of likely N-dealkylation sites (N-methyl/N-ethyl adjacent to an activating group) is 1.